The van der Waals surface area contributed by atoms with Crippen LogP contribution in [-0.4, -0.2) is 52.1 Å². The number of nitrogens with zero attached hydrogens (tertiary/aromatic N) is 1. The van der Waals surface area contributed by atoms with Crippen LogP contribution in [0.25, 0.3) is 0 Å². The van der Waals surface area contributed by atoms with Crippen molar-refractivity contribution in [2.24, 2.45) is 0 Å². The monoisotopic (exact) mass is 274 g/mol. The van der Waals surface area contributed by atoms with Crippen molar-refractivity contribution in [1.29, 1.82) is 0 Å². The number of hydrogen-bond donors (Lipinski definition) is 2. The molecule has 6 heteroatoms. The van der Waals surface area contributed by atoms with Gasteiger partial charge in [0.05, 0.1) is 6.42 Å². The molecule has 2 amide bonds. The van der Waals surface area contributed by atoms with E-state index >= 15 is 0 Å². The highest BCUT2D eigenvalue weighted by Gasteiger charge is 2.30. The van der Waals surface area contributed by atoms with Crippen LogP contribution in [0.2, 0.25) is 0 Å². The van der Waals surface area contributed by atoms with E-state index < -0.39 is 5.97 Å². The maximum absolute atomic E-state index is 12.0. The lowest BCUT2D eigenvalue weighted by Gasteiger charge is -2.25. The molecule has 1 heterocycles. The number of rotatable bonds is 6. The molecule has 1 aliphatic rings. The van der Waals surface area contributed by atoms with Crippen LogP contribution in [0.4, 0.5) is 4.79 Å². The number of carbonyl (C=O) groups is 2. The molecule has 5 nitrogen and oxygen atoms in total. The molecule has 0 aromatic heterocycles. The molecule has 1 aliphatic heterocycles. The molecule has 1 saturated heterocycles. The van der Waals surface area contributed by atoms with E-state index in [0.717, 1.165) is 24.3 Å². The Morgan fingerprint density at radius 3 is 2.89 bits per heavy atom. The molecule has 0 spiro atoms. The van der Waals surface area contributed by atoms with E-state index in [0.29, 0.717) is 6.54 Å². The second kappa shape index (κ2) is 7.51. The summed E-state index contributed by atoms with van der Waals surface area (Å²) in [6.45, 7) is 4.73. The lowest BCUT2D eigenvalue weighted by molar-refractivity contribution is -0.137. The minimum absolute atomic E-state index is 0.0471. The molecule has 0 aromatic carbocycles. The first-order chi connectivity index (χ1) is 8.54. The van der Waals surface area contributed by atoms with Crippen LogP contribution >= 0.6 is 11.8 Å². The van der Waals surface area contributed by atoms with Gasteiger partial charge >= 0.3 is 12.0 Å². The summed E-state index contributed by atoms with van der Waals surface area (Å²) in [4.78, 5) is 24.4. The molecule has 0 saturated carbocycles. The Morgan fingerprint density at radius 1 is 1.56 bits per heavy atom. The molecule has 2 N–H and O–H groups in total. The average molecular weight is 274 g/mol. The Bertz CT molecular complexity index is 299. The van der Waals surface area contributed by atoms with Crippen molar-refractivity contribution in [1.82, 2.24) is 10.2 Å². The zero-order chi connectivity index (χ0) is 13.5. The lowest BCUT2D eigenvalue weighted by atomic mass is 10.1. The van der Waals surface area contributed by atoms with Crippen molar-refractivity contribution in [3.05, 3.63) is 0 Å². The third-order valence-corrected chi connectivity index (χ3v) is 4.13. The minimum atomic E-state index is -0.839. The van der Waals surface area contributed by atoms with Gasteiger partial charge in [-0.25, -0.2) is 4.79 Å². The van der Waals surface area contributed by atoms with E-state index in [1.165, 1.54) is 0 Å². The van der Waals surface area contributed by atoms with Gasteiger partial charge in [-0.2, -0.15) is 11.8 Å². The summed E-state index contributed by atoms with van der Waals surface area (Å²) in [5.41, 5.74) is 0. The first-order valence-corrected chi connectivity index (χ1v) is 7.56. The molecule has 2 atom stereocenters. The Hall–Kier alpha value is -0.910. The van der Waals surface area contributed by atoms with Gasteiger partial charge in [0.25, 0.3) is 0 Å². The van der Waals surface area contributed by atoms with Gasteiger partial charge in [0.15, 0.2) is 0 Å². The summed E-state index contributed by atoms with van der Waals surface area (Å²) in [6, 6.07) is -0.148. The van der Waals surface area contributed by atoms with Crippen LogP contribution in [0.1, 0.15) is 33.1 Å². The number of thioether (sulfide) groups is 1. The summed E-state index contributed by atoms with van der Waals surface area (Å²) in [7, 11) is 0. The van der Waals surface area contributed by atoms with Gasteiger partial charge in [0, 0.05) is 24.4 Å². The Labute approximate surface area is 112 Å². The van der Waals surface area contributed by atoms with E-state index in [1.54, 1.807) is 16.7 Å². The quantitative estimate of drug-likeness (QED) is 0.774. The number of amides is 2. The van der Waals surface area contributed by atoms with Crippen LogP contribution in [0, 0.1) is 0 Å². The average Bonchev–Trinajstić information content (AvgIpc) is 2.73. The van der Waals surface area contributed by atoms with Crippen molar-refractivity contribution < 1.29 is 14.7 Å². The molecular formula is C12H22N2O3S. The van der Waals surface area contributed by atoms with E-state index in [-0.39, 0.29) is 24.5 Å². The number of nitrogens with one attached hydrogen (secondary N) is 1. The summed E-state index contributed by atoms with van der Waals surface area (Å²) in [5.74, 6) is 1.08. The van der Waals surface area contributed by atoms with Crippen molar-refractivity contribution in [3.63, 3.8) is 0 Å². The standard InChI is InChI=1S/C12H22N2O3S/c1-3-18-8-9(2)13-12(17)14-6-4-5-10(14)7-11(15)16/h9-10H,3-8H2,1-2H3,(H,13,17)(H,15,16). The molecular weight excluding hydrogens is 252 g/mol. The zero-order valence-corrected chi connectivity index (χ0v) is 11.8. The third kappa shape index (κ3) is 4.76. The molecule has 0 aromatic rings. The molecule has 18 heavy (non-hydrogen) atoms. The van der Waals surface area contributed by atoms with Crippen molar-refractivity contribution in [3.8, 4) is 0 Å². The normalized spacial score (nSPS) is 20.8. The summed E-state index contributed by atoms with van der Waals surface area (Å²) >= 11 is 1.78. The summed E-state index contributed by atoms with van der Waals surface area (Å²) in [6.07, 6.45) is 1.73. The first kappa shape index (κ1) is 15.1. The van der Waals surface area contributed by atoms with E-state index in [2.05, 4.69) is 12.2 Å². The second-order valence-corrected chi connectivity index (χ2v) is 5.92. The topological polar surface area (TPSA) is 69.6 Å². The Kier molecular flexibility index (Phi) is 6.32. The van der Waals surface area contributed by atoms with Gasteiger partial charge in [-0.3, -0.25) is 4.79 Å². The smallest absolute Gasteiger partial charge is 0.317 e. The van der Waals surface area contributed by atoms with Crippen molar-refractivity contribution >= 4 is 23.8 Å². The maximum Gasteiger partial charge on any atom is 0.317 e. The zero-order valence-electron chi connectivity index (χ0n) is 11.0. The van der Waals surface area contributed by atoms with E-state index in [4.69, 9.17) is 5.11 Å². The van der Waals surface area contributed by atoms with Gasteiger partial charge in [-0.05, 0) is 25.5 Å². The number of carbonyl (C=O) groups excluding carboxylic acids is 1. The first-order valence-electron chi connectivity index (χ1n) is 6.41. The van der Waals surface area contributed by atoms with Gasteiger partial charge in [-0.15, -0.1) is 0 Å². The lowest BCUT2D eigenvalue weighted by Crippen LogP contribution is -2.47. The van der Waals surface area contributed by atoms with Crippen LogP contribution in [0.5, 0.6) is 0 Å². The largest absolute Gasteiger partial charge is 0.481 e. The summed E-state index contributed by atoms with van der Waals surface area (Å²) in [5, 5.41) is 11.7. The molecule has 2 unspecified atom stereocenters. The Morgan fingerprint density at radius 2 is 2.28 bits per heavy atom. The molecule has 104 valence electrons. The van der Waals surface area contributed by atoms with Crippen LogP contribution in [-0.2, 0) is 4.79 Å². The second-order valence-electron chi connectivity index (χ2n) is 4.60. The van der Waals surface area contributed by atoms with Crippen molar-refractivity contribution in [2.45, 2.75) is 45.2 Å². The molecule has 0 radical (unpaired) electrons. The van der Waals surface area contributed by atoms with Crippen LogP contribution in [0.15, 0.2) is 0 Å². The fraction of sp³-hybridized carbons (Fsp3) is 0.833. The number of carboxylic acids is 1. The Balaban J connectivity index is 2.42. The van der Waals surface area contributed by atoms with E-state index in [9.17, 15) is 9.59 Å². The highest BCUT2D eigenvalue weighted by molar-refractivity contribution is 7.99. The number of aliphatic carboxylic acids is 1. The highest BCUT2D eigenvalue weighted by atomic mass is 32.2. The predicted molar refractivity (Wildman–Crippen MR) is 73.0 cm³/mol. The minimum Gasteiger partial charge on any atom is -0.481 e. The molecule has 0 aliphatic carbocycles. The fourth-order valence-corrected chi connectivity index (χ4v) is 2.82. The van der Waals surface area contributed by atoms with Gasteiger partial charge in [0.2, 0.25) is 0 Å². The van der Waals surface area contributed by atoms with Crippen molar-refractivity contribution in [2.75, 3.05) is 18.1 Å². The fourth-order valence-electron chi connectivity index (χ4n) is 2.15. The number of urea groups is 1. The predicted octanol–water partition coefficient (Wildman–Crippen LogP) is 1.78. The number of likely N-dealkylation sites (tertiary alicyclic amines) is 1. The van der Waals surface area contributed by atoms with Gasteiger partial charge in [-0.1, -0.05) is 6.92 Å². The third-order valence-electron chi connectivity index (χ3n) is 2.99. The van der Waals surface area contributed by atoms with Crippen LogP contribution < -0.4 is 5.32 Å². The molecule has 1 rings (SSSR count). The highest BCUT2D eigenvalue weighted by Crippen LogP contribution is 2.20. The maximum atomic E-state index is 12.0. The summed E-state index contributed by atoms with van der Waals surface area (Å²) < 4.78 is 0. The molecule has 1 fully saturated rings. The number of hydrogen-bond acceptors (Lipinski definition) is 3. The number of carboxylic acid groups (broad SMARTS) is 1. The SMILES string of the molecule is CCSCC(C)NC(=O)N1CCCC1CC(=O)O. The van der Waals surface area contributed by atoms with Crippen LogP contribution in [0.3, 0.4) is 0 Å². The van der Waals surface area contributed by atoms with Gasteiger partial charge < -0.3 is 15.3 Å². The van der Waals surface area contributed by atoms with E-state index in [1.807, 2.05) is 6.92 Å². The molecule has 0 bridgehead atoms. The van der Waals surface area contributed by atoms with Gasteiger partial charge in [0.1, 0.15) is 0 Å².